The maximum absolute atomic E-state index is 4.26. The van der Waals surface area contributed by atoms with Crippen LogP contribution in [0.2, 0.25) is 0 Å². The lowest BCUT2D eigenvalue weighted by Gasteiger charge is -2.10. The fourth-order valence-corrected chi connectivity index (χ4v) is 2.94. The smallest absolute Gasteiger partial charge is 0.191 e. The van der Waals surface area contributed by atoms with Crippen LogP contribution in [0.15, 0.2) is 45.3 Å². The summed E-state index contributed by atoms with van der Waals surface area (Å²) in [6.07, 6.45) is 1.79. The number of nitrogens with zero attached hydrogens (tertiary/aromatic N) is 2. The van der Waals surface area contributed by atoms with E-state index in [4.69, 9.17) is 0 Å². The third-order valence-electron chi connectivity index (χ3n) is 2.45. The summed E-state index contributed by atoms with van der Waals surface area (Å²) in [5.74, 6) is 0.773. The average molecular weight is 467 g/mol. The minimum Gasteiger partial charge on any atom is -0.352 e. The Kier molecular flexibility index (Phi) is 8.08. The first-order chi connectivity index (χ1) is 9.28. The van der Waals surface area contributed by atoms with Crippen LogP contribution in [0.1, 0.15) is 10.6 Å². The highest BCUT2D eigenvalue weighted by Crippen LogP contribution is 2.21. The van der Waals surface area contributed by atoms with Gasteiger partial charge in [-0.15, -0.1) is 35.3 Å². The maximum Gasteiger partial charge on any atom is 0.191 e. The lowest BCUT2D eigenvalue weighted by Crippen LogP contribution is -2.36. The maximum atomic E-state index is 4.26. The molecule has 108 valence electrons. The number of aromatic nitrogens is 1. The first-order valence-electron chi connectivity index (χ1n) is 5.86. The number of halogens is 2. The van der Waals surface area contributed by atoms with Crippen molar-refractivity contribution >= 4 is 57.2 Å². The molecule has 0 atom stereocenters. The molecule has 0 saturated heterocycles. The molecule has 2 aromatic rings. The topological polar surface area (TPSA) is 49.3 Å². The number of rotatable bonds is 4. The van der Waals surface area contributed by atoms with Crippen LogP contribution in [0.25, 0.3) is 0 Å². The summed E-state index contributed by atoms with van der Waals surface area (Å²) in [5.41, 5.74) is 0.990. The van der Waals surface area contributed by atoms with E-state index in [1.54, 1.807) is 24.6 Å². The van der Waals surface area contributed by atoms with Crippen molar-refractivity contribution in [1.82, 2.24) is 15.6 Å². The van der Waals surface area contributed by atoms with Crippen LogP contribution in [0, 0.1) is 0 Å². The summed E-state index contributed by atoms with van der Waals surface area (Å²) in [6.45, 7) is 1.42. The van der Waals surface area contributed by atoms with Crippen LogP contribution < -0.4 is 10.6 Å². The van der Waals surface area contributed by atoms with Gasteiger partial charge < -0.3 is 10.6 Å². The van der Waals surface area contributed by atoms with Gasteiger partial charge in [0.2, 0.25) is 0 Å². The molecule has 7 heteroatoms. The molecule has 0 amide bonds. The van der Waals surface area contributed by atoms with Gasteiger partial charge in [-0.3, -0.25) is 9.98 Å². The Bertz CT molecular complexity index is 544. The van der Waals surface area contributed by atoms with Crippen LogP contribution in [-0.4, -0.2) is 18.0 Å². The Labute approximate surface area is 148 Å². The van der Waals surface area contributed by atoms with Gasteiger partial charge in [0, 0.05) is 18.1 Å². The number of guanidine groups is 1. The summed E-state index contributed by atoms with van der Waals surface area (Å²) in [6, 6.07) is 10.0. The third-order valence-corrected chi connectivity index (χ3v) is 4.07. The summed E-state index contributed by atoms with van der Waals surface area (Å²) in [7, 11) is 1.76. The Balaban J connectivity index is 0.00000200. The van der Waals surface area contributed by atoms with Gasteiger partial charge in [-0.1, -0.05) is 6.07 Å². The Morgan fingerprint density at radius 3 is 2.65 bits per heavy atom. The standard InChI is InChI=1S/C13H15BrN4S.HI/c1-15-13(17-8-10-4-2-3-7-16-10)18-9-11-5-6-12(14)19-11;/h2-7H,8-9H2,1H3,(H2,15,17,18);1H. The van der Waals surface area contributed by atoms with Crippen molar-refractivity contribution in [3.8, 4) is 0 Å². The zero-order valence-electron chi connectivity index (χ0n) is 11.0. The van der Waals surface area contributed by atoms with E-state index >= 15 is 0 Å². The Hall–Kier alpha value is -0.670. The minimum atomic E-state index is 0. The highest BCUT2D eigenvalue weighted by molar-refractivity contribution is 14.0. The average Bonchev–Trinajstić information content (AvgIpc) is 2.86. The van der Waals surface area contributed by atoms with Gasteiger partial charge in [0.05, 0.1) is 22.6 Å². The van der Waals surface area contributed by atoms with E-state index in [2.05, 4.69) is 42.6 Å². The fraction of sp³-hybridized carbons (Fsp3) is 0.231. The van der Waals surface area contributed by atoms with Crippen LogP contribution in [-0.2, 0) is 13.1 Å². The zero-order chi connectivity index (χ0) is 13.5. The van der Waals surface area contributed by atoms with Crippen molar-refractivity contribution < 1.29 is 0 Å². The number of thiophene rings is 1. The fourth-order valence-electron chi connectivity index (χ4n) is 1.52. The molecule has 2 aromatic heterocycles. The second-order valence-corrected chi connectivity index (χ2v) is 6.35. The Morgan fingerprint density at radius 1 is 1.25 bits per heavy atom. The summed E-state index contributed by atoms with van der Waals surface area (Å²) in [4.78, 5) is 9.70. The molecule has 0 radical (unpaired) electrons. The summed E-state index contributed by atoms with van der Waals surface area (Å²) >= 11 is 5.17. The van der Waals surface area contributed by atoms with E-state index in [0.717, 1.165) is 22.0 Å². The molecular weight excluding hydrogens is 451 g/mol. The van der Waals surface area contributed by atoms with Gasteiger partial charge in [0.15, 0.2) is 5.96 Å². The van der Waals surface area contributed by atoms with E-state index < -0.39 is 0 Å². The van der Waals surface area contributed by atoms with Crippen molar-refractivity contribution in [3.05, 3.63) is 50.9 Å². The van der Waals surface area contributed by atoms with Crippen molar-refractivity contribution in [2.45, 2.75) is 13.1 Å². The first-order valence-corrected chi connectivity index (χ1v) is 7.47. The molecule has 0 bridgehead atoms. The molecular formula is C13H16BrIN4S. The number of hydrogen-bond donors (Lipinski definition) is 2. The van der Waals surface area contributed by atoms with Gasteiger partial charge in [-0.25, -0.2) is 0 Å². The number of hydrogen-bond acceptors (Lipinski definition) is 3. The molecule has 0 spiro atoms. The molecule has 0 aliphatic heterocycles. The molecule has 2 rings (SSSR count). The third kappa shape index (κ3) is 5.76. The van der Waals surface area contributed by atoms with Crippen LogP contribution in [0.3, 0.4) is 0 Å². The van der Waals surface area contributed by atoms with Crippen molar-refractivity contribution in [2.75, 3.05) is 7.05 Å². The lowest BCUT2D eigenvalue weighted by atomic mass is 10.3. The normalized spacial score (nSPS) is 10.8. The molecule has 2 N–H and O–H groups in total. The van der Waals surface area contributed by atoms with Crippen molar-refractivity contribution in [3.63, 3.8) is 0 Å². The minimum absolute atomic E-state index is 0. The van der Waals surface area contributed by atoms with E-state index in [0.29, 0.717) is 6.54 Å². The molecule has 2 heterocycles. The molecule has 0 fully saturated rings. The first kappa shape index (κ1) is 17.4. The highest BCUT2D eigenvalue weighted by Gasteiger charge is 2.01. The lowest BCUT2D eigenvalue weighted by molar-refractivity contribution is 0.799. The van der Waals surface area contributed by atoms with E-state index in [1.807, 2.05) is 24.3 Å². The van der Waals surface area contributed by atoms with Crippen LogP contribution >= 0.6 is 51.2 Å². The van der Waals surface area contributed by atoms with Crippen LogP contribution in [0.4, 0.5) is 0 Å². The van der Waals surface area contributed by atoms with E-state index in [9.17, 15) is 0 Å². The molecule has 0 aromatic carbocycles. The van der Waals surface area contributed by atoms with Gasteiger partial charge >= 0.3 is 0 Å². The van der Waals surface area contributed by atoms with Crippen molar-refractivity contribution in [1.29, 1.82) is 0 Å². The number of nitrogens with one attached hydrogen (secondary N) is 2. The molecule has 0 aliphatic carbocycles. The Morgan fingerprint density at radius 2 is 2.05 bits per heavy atom. The summed E-state index contributed by atoms with van der Waals surface area (Å²) in [5, 5.41) is 6.50. The molecule has 20 heavy (non-hydrogen) atoms. The zero-order valence-corrected chi connectivity index (χ0v) is 15.7. The van der Waals surface area contributed by atoms with Crippen molar-refractivity contribution in [2.24, 2.45) is 4.99 Å². The second kappa shape index (κ2) is 9.30. The molecule has 4 nitrogen and oxygen atoms in total. The predicted molar refractivity (Wildman–Crippen MR) is 98.7 cm³/mol. The highest BCUT2D eigenvalue weighted by atomic mass is 127. The van der Waals surface area contributed by atoms with E-state index in [1.165, 1.54) is 4.88 Å². The molecule has 0 aliphatic rings. The van der Waals surface area contributed by atoms with Gasteiger partial charge in [0.1, 0.15) is 0 Å². The number of pyridine rings is 1. The SMILES string of the molecule is CN=C(NCc1ccccn1)NCc1ccc(Br)s1.I. The number of aliphatic imine (C=N–C) groups is 1. The van der Waals surface area contributed by atoms with Gasteiger partial charge in [-0.05, 0) is 40.2 Å². The predicted octanol–water partition coefficient (Wildman–Crippen LogP) is 3.39. The largest absolute Gasteiger partial charge is 0.352 e. The monoisotopic (exact) mass is 466 g/mol. The van der Waals surface area contributed by atoms with E-state index in [-0.39, 0.29) is 24.0 Å². The summed E-state index contributed by atoms with van der Waals surface area (Å²) < 4.78 is 1.14. The van der Waals surface area contributed by atoms with Crippen LogP contribution in [0.5, 0.6) is 0 Å². The molecule has 0 unspecified atom stereocenters. The second-order valence-electron chi connectivity index (χ2n) is 3.81. The van der Waals surface area contributed by atoms with Gasteiger partial charge in [-0.2, -0.15) is 0 Å². The molecule has 0 saturated carbocycles. The quantitative estimate of drug-likeness (QED) is 0.412. The van der Waals surface area contributed by atoms with Gasteiger partial charge in [0.25, 0.3) is 0 Å².